The van der Waals surface area contributed by atoms with Crippen molar-refractivity contribution in [3.8, 4) is 0 Å². The predicted molar refractivity (Wildman–Crippen MR) is 93.9 cm³/mol. The molecule has 1 N–H and O–H groups in total. The highest BCUT2D eigenvalue weighted by Crippen LogP contribution is 2.18. The zero-order chi connectivity index (χ0) is 15.8. The topological polar surface area (TPSA) is 18.5 Å². The summed E-state index contributed by atoms with van der Waals surface area (Å²) in [5.74, 6) is 0.811. The van der Waals surface area contributed by atoms with Gasteiger partial charge in [-0.1, -0.05) is 26.7 Å². The van der Waals surface area contributed by atoms with Crippen molar-refractivity contribution in [3.63, 3.8) is 0 Å². The lowest BCUT2D eigenvalue weighted by atomic mass is 9.93. The zero-order valence-corrected chi connectivity index (χ0v) is 15.4. The maximum Gasteiger partial charge on any atom is 0.0242 e. The van der Waals surface area contributed by atoms with Gasteiger partial charge < -0.3 is 15.1 Å². The number of nitrogens with zero attached hydrogens (tertiary/aromatic N) is 2. The normalized spacial score (nSPS) is 23.0. The maximum atomic E-state index is 3.88. The third-order valence-electron chi connectivity index (χ3n) is 5.36. The van der Waals surface area contributed by atoms with Crippen LogP contribution in [0.2, 0.25) is 0 Å². The Labute approximate surface area is 133 Å². The first-order chi connectivity index (χ1) is 9.99. The molecule has 1 saturated heterocycles. The lowest BCUT2D eigenvalue weighted by Gasteiger charge is -2.33. The van der Waals surface area contributed by atoms with Crippen molar-refractivity contribution in [1.82, 2.24) is 15.1 Å². The van der Waals surface area contributed by atoms with Gasteiger partial charge in [0.1, 0.15) is 0 Å². The van der Waals surface area contributed by atoms with Gasteiger partial charge in [-0.05, 0) is 66.2 Å². The van der Waals surface area contributed by atoms with Gasteiger partial charge in [-0.15, -0.1) is 0 Å². The Morgan fingerprint density at radius 3 is 2.29 bits per heavy atom. The summed E-state index contributed by atoms with van der Waals surface area (Å²) in [4.78, 5) is 5.05. The highest BCUT2D eigenvalue weighted by atomic mass is 15.2. The first-order valence-electron chi connectivity index (χ1n) is 9.13. The van der Waals surface area contributed by atoms with E-state index in [1.807, 2.05) is 0 Å². The summed E-state index contributed by atoms with van der Waals surface area (Å²) < 4.78 is 0. The molecule has 0 aromatic carbocycles. The number of likely N-dealkylation sites (N-methyl/N-ethyl adjacent to an activating group) is 1. The van der Waals surface area contributed by atoms with Crippen molar-refractivity contribution >= 4 is 0 Å². The van der Waals surface area contributed by atoms with E-state index in [1.165, 1.54) is 45.2 Å². The lowest BCUT2D eigenvalue weighted by Crippen LogP contribution is -2.46. The van der Waals surface area contributed by atoms with Crippen LogP contribution >= 0.6 is 0 Å². The van der Waals surface area contributed by atoms with Crippen LogP contribution < -0.4 is 5.32 Å². The largest absolute Gasteiger partial charge is 0.312 e. The van der Waals surface area contributed by atoms with E-state index in [1.54, 1.807) is 0 Å². The molecule has 2 atom stereocenters. The second-order valence-corrected chi connectivity index (χ2v) is 7.27. The van der Waals surface area contributed by atoms with Crippen molar-refractivity contribution in [2.75, 3.05) is 33.7 Å². The molecule has 0 aromatic rings. The Bertz CT molecular complexity index is 261. The van der Waals surface area contributed by atoms with Gasteiger partial charge in [-0.3, -0.25) is 0 Å². The van der Waals surface area contributed by atoms with Crippen LogP contribution in [0.15, 0.2) is 0 Å². The molecule has 1 rings (SSSR count). The van der Waals surface area contributed by atoms with Crippen molar-refractivity contribution in [1.29, 1.82) is 0 Å². The summed E-state index contributed by atoms with van der Waals surface area (Å²) in [6.07, 6.45) is 6.56. The Hall–Kier alpha value is -0.120. The second-order valence-electron chi connectivity index (χ2n) is 7.27. The van der Waals surface area contributed by atoms with E-state index in [9.17, 15) is 0 Å². The van der Waals surface area contributed by atoms with E-state index in [4.69, 9.17) is 0 Å². The van der Waals surface area contributed by atoms with Crippen molar-refractivity contribution < 1.29 is 0 Å². The molecule has 0 aromatic heterocycles. The molecule has 1 heterocycles. The van der Waals surface area contributed by atoms with Gasteiger partial charge in [-0.2, -0.15) is 0 Å². The quantitative estimate of drug-likeness (QED) is 0.742. The molecule has 3 heteroatoms. The first-order valence-corrected chi connectivity index (χ1v) is 9.13. The zero-order valence-electron chi connectivity index (χ0n) is 15.4. The van der Waals surface area contributed by atoms with Crippen LogP contribution in [-0.4, -0.2) is 61.7 Å². The number of rotatable bonds is 8. The molecule has 1 aliphatic heterocycles. The Morgan fingerprint density at radius 1 is 1.10 bits per heavy atom. The van der Waals surface area contributed by atoms with Crippen LogP contribution in [0, 0.1) is 5.92 Å². The molecule has 0 saturated carbocycles. The number of hydrogen-bond acceptors (Lipinski definition) is 3. The molecule has 21 heavy (non-hydrogen) atoms. The van der Waals surface area contributed by atoms with Crippen LogP contribution in [0.25, 0.3) is 0 Å². The highest BCUT2D eigenvalue weighted by Gasteiger charge is 2.23. The molecule has 126 valence electrons. The maximum absolute atomic E-state index is 3.88. The molecule has 0 aliphatic carbocycles. The van der Waals surface area contributed by atoms with Gasteiger partial charge in [-0.25, -0.2) is 0 Å². The lowest BCUT2D eigenvalue weighted by molar-refractivity contribution is 0.186. The molecule has 1 fully saturated rings. The summed E-state index contributed by atoms with van der Waals surface area (Å²) in [7, 11) is 4.47. The van der Waals surface area contributed by atoms with Crippen molar-refractivity contribution in [2.45, 2.75) is 77.9 Å². The molecule has 0 amide bonds. The summed E-state index contributed by atoms with van der Waals surface area (Å²) in [6, 6.07) is 2.08. The minimum atomic E-state index is 0.671. The van der Waals surface area contributed by atoms with Crippen molar-refractivity contribution in [3.05, 3.63) is 0 Å². The molecular formula is C18H39N3. The third kappa shape index (κ3) is 6.25. The smallest absolute Gasteiger partial charge is 0.0242 e. The third-order valence-corrected chi connectivity index (χ3v) is 5.36. The minimum Gasteiger partial charge on any atom is -0.312 e. The van der Waals surface area contributed by atoms with Gasteiger partial charge in [0.15, 0.2) is 0 Å². The number of hydrogen-bond donors (Lipinski definition) is 1. The Morgan fingerprint density at radius 2 is 1.76 bits per heavy atom. The molecule has 2 unspecified atom stereocenters. The van der Waals surface area contributed by atoms with Gasteiger partial charge in [0.25, 0.3) is 0 Å². The SMILES string of the molecule is CCC(CC)C(CNC1CCCN(C(C)C)CC1)N(C)C. The van der Waals surface area contributed by atoms with E-state index in [2.05, 4.69) is 56.9 Å². The Kier molecular flexibility index (Phi) is 8.84. The molecule has 1 aliphatic rings. The standard InChI is InChI=1S/C18H39N3/c1-7-16(8-2)18(20(5)6)14-19-17-10-9-12-21(13-11-17)15(3)4/h15-19H,7-14H2,1-6H3. The number of nitrogens with one attached hydrogen (secondary N) is 1. The fourth-order valence-electron chi connectivity index (χ4n) is 3.73. The molecule has 3 nitrogen and oxygen atoms in total. The second kappa shape index (κ2) is 9.81. The van der Waals surface area contributed by atoms with Gasteiger partial charge in [0.05, 0.1) is 0 Å². The Balaban J connectivity index is 2.45. The average molecular weight is 298 g/mol. The minimum absolute atomic E-state index is 0.671. The van der Waals surface area contributed by atoms with Gasteiger partial charge in [0.2, 0.25) is 0 Å². The van der Waals surface area contributed by atoms with E-state index in [0.717, 1.165) is 12.5 Å². The summed E-state index contributed by atoms with van der Waals surface area (Å²) in [5, 5.41) is 3.88. The molecule has 0 bridgehead atoms. The highest BCUT2D eigenvalue weighted by molar-refractivity contribution is 4.82. The van der Waals surface area contributed by atoms with E-state index in [0.29, 0.717) is 18.1 Å². The summed E-state index contributed by atoms with van der Waals surface area (Å²) >= 11 is 0. The molecule has 0 radical (unpaired) electrons. The van der Waals surface area contributed by atoms with Gasteiger partial charge >= 0.3 is 0 Å². The summed E-state index contributed by atoms with van der Waals surface area (Å²) in [6.45, 7) is 13.0. The average Bonchev–Trinajstić information content (AvgIpc) is 2.68. The first kappa shape index (κ1) is 18.9. The fourth-order valence-corrected chi connectivity index (χ4v) is 3.73. The van der Waals surface area contributed by atoms with Crippen LogP contribution in [0.4, 0.5) is 0 Å². The monoisotopic (exact) mass is 297 g/mol. The van der Waals surface area contributed by atoms with Crippen LogP contribution in [0.3, 0.4) is 0 Å². The molecule has 0 spiro atoms. The van der Waals surface area contributed by atoms with Crippen LogP contribution in [0.1, 0.15) is 59.8 Å². The van der Waals surface area contributed by atoms with Gasteiger partial charge in [0, 0.05) is 24.7 Å². The fraction of sp³-hybridized carbons (Fsp3) is 1.00. The summed E-state index contributed by atoms with van der Waals surface area (Å²) in [5.41, 5.74) is 0. The molecular weight excluding hydrogens is 258 g/mol. The van der Waals surface area contributed by atoms with Crippen LogP contribution in [0.5, 0.6) is 0 Å². The number of likely N-dealkylation sites (tertiary alicyclic amines) is 1. The van der Waals surface area contributed by atoms with Crippen molar-refractivity contribution in [2.24, 2.45) is 5.92 Å². The van der Waals surface area contributed by atoms with E-state index in [-0.39, 0.29) is 0 Å². The predicted octanol–water partition coefficient (Wildman–Crippen LogP) is 3.21. The van der Waals surface area contributed by atoms with E-state index < -0.39 is 0 Å². The van der Waals surface area contributed by atoms with Crippen LogP contribution in [-0.2, 0) is 0 Å². The van der Waals surface area contributed by atoms with E-state index >= 15 is 0 Å².